The van der Waals surface area contributed by atoms with Gasteiger partial charge in [-0.3, -0.25) is 9.69 Å². The molecular formula is C23H24N2O5. The van der Waals surface area contributed by atoms with Gasteiger partial charge in [-0.2, -0.15) is 0 Å². The Morgan fingerprint density at radius 1 is 1.13 bits per heavy atom. The van der Waals surface area contributed by atoms with Gasteiger partial charge < -0.3 is 20.4 Å². The first-order valence-electron chi connectivity index (χ1n) is 10.1. The number of carboxylic acids is 1. The Kier molecular flexibility index (Phi) is 5.30. The number of nitrogens with zero attached hydrogens (tertiary/aromatic N) is 1. The summed E-state index contributed by atoms with van der Waals surface area (Å²) in [6.45, 7) is 0. The molecule has 0 bridgehead atoms. The fourth-order valence-electron chi connectivity index (χ4n) is 5.07. The number of hydrogen-bond acceptors (Lipinski definition) is 5. The third-order valence-electron chi connectivity index (χ3n) is 6.34. The average Bonchev–Trinajstić information content (AvgIpc) is 3.21. The summed E-state index contributed by atoms with van der Waals surface area (Å²) >= 11 is 0. The highest BCUT2D eigenvalue weighted by molar-refractivity contribution is 5.93. The summed E-state index contributed by atoms with van der Waals surface area (Å²) in [6, 6.07) is 15.8. The molecule has 1 saturated carbocycles. The summed E-state index contributed by atoms with van der Waals surface area (Å²) in [4.78, 5) is 38.3. The molecule has 1 heterocycles. The molecule has 1 fully saturated rings. The number of benzene rings is 2. The number of carbonyl (C=O) groups is 3. The maximum Gasteiger partial charge on any atom is 0.420 e. The third-order valence-corrected chi connectivity index (χ3v) is 6.34. The first kappa shape index (κ1) is 20.1. The van der Waals surface area contributed by atoms with Crippen LogP contribution < -0.4 is 15.4 Å². The SMILES string of the molecule is NC(CC=O)(C(=O)O)C1c2ccccc2N(C(=O)Oc2ccccc2)C2CCCC21. The van der Waals surface area contributed by atoms with Crippen LogP contribution in [0.15, 0.2) is 54.6 Å². The van der Waals surface area contributed by atoms with Gasteiger partial charge in [0.25, 0.3) is 0 Å². The fourth-order valence-corrected chi connectivity index (χ4v) is 5.07. The molecule has 0 saturated heterocycles. The molecule has 4 rings (SSSR count). The van der Waals surface area contributed by atoms with E-state index in [-0.39, 0.29) is 18.4 Å². The number of carboxylic acid groups (broad SMARTS) is 1. The van der Waals surface area contributed by atoms with Gasteiger partial charge in [-0.05, 0) is 42.5 Å². The van der Waals surface area contributed by atoms with Crippen molar-refractivity contribution in [2.75, 3.05) is 4.90 Å². The molecule has 1 aliphatic carbocycles. The summed E-state index contributed by atoms with van der Waals surface area (Å²) in [5.74, 6) is -1.52. The second-order valence-electron chi connectivity index (χ2n) is 7.97. The van der Waals surface area contributed by atoms with Crippen LogP contribution >= 0.6 is 0 Å². The van der Waals surface area contributed by atoms with Crippen LogP contribution in [-0.4, -0.2) is 35.0 Å². The Morgan fingerprint density at radius 3 is 2.53 bits per heavy atom. The van der Waals surface area contributed by atoms with Crippen molar-refractivity contribution in [2.45, 2.75) is 43.2 Å². The number of ether oxygens (including phenoxy) is 1. The Hall–Kier alpha value is -3.19. The van der Waals surface area contributed by atoms with E-state index in [9.17, 15) is 19.5 Å². The largest absolute Gasteiger partial charge is 0.480 e. The summed E-state index contributed by atoms with van der Waals surface area (Å²) in [7, 11) is 0. The van der Waals surface area contributed by atoms with Gasteiger partial charge in [0, 0.05) is 18.4 Å². The monoisotopic (exact) mass is 408 g/mol. The van der Waals surface area contributed by atoms with Crippen molar-refractivity contribution in [1.82, 2.24) is 0 Å². The molecule has 30 heavy (non-hydrogen) atoms. The number of hydrogen-bond donors (Lipinski definition) is 2. The summed E-state index contributed by atoms with van der Waals surface area (Å²) in [6.07, 6.45) is 2.05. The van der Waals surface area contributed by atoms with E-state index in [0.717, 1.165) is 19.3 Å². The molecule has 2 aliphatic rings. The third kappa shape index (κ3) is 3.25. The maximum absolute atomic E-state index is 13.2. The van der Waals surface area contributed by atoms with E-state index >= 15 is 0 Å². The van der Waals surface area contributed by atoms with Crippen LogP contribution in [0.2, 0.25) is 0 Å². The van der Waals surface area contributed by atoms with Gasteiger partial charge in [-0.25, -0.2) is 4.79 Å². The molecule has 7 nitrogen and oxygen atoms in total. The van der Waals surface area contributed by atoms with E-state index in [2.05, 4.69) is 0 Å². The topological polar surface area (TPSA) is 110 Å². The summed E-state index contributed by atoms with van der Waals surface area (Å²) in [5, 5.41) is 9.94. The molecule has 0 spiro atoms. The van der Waals surface area contributed by atoms with Crippen molar-refractivity contribution in [3.8, 4) is 5.75 Å². The minimum Gasteiger partial charge on any atom is -0.480 e. The quantitative estimate of drug-likeness (QED) is 0.735. The maximum atomic E-state index is 13.2. The van der Waals surface area contributed by atoms with Crippen LogP contribution in [0.3, 0.4) is 0 Å². The van der Waals surface area contributed by atoms with E-state index < -0.39 is 23.5 Å². The number of aldehydes is 1. The summed E-state index contributed by atoms with van der Waals surface area (Å²) in [5.41, 5.74) is 5.90. The van der Waals surface area contributed by atoms with E-state index in [0.29, 0.717) is 23.3 Å². The lowest BCUT2D eigenvalue weighted by atomic mass is 9.66. The van der Waals surface area contributed by atoms with Gasteiger partial charge in [0.1, 0.15) is 17.6 Å². The van der Waals surface area contributed by atoms with Crippen molar-refractivity contribution in [2.24, 2.45) is 11.7 Å². The van der Waals surface area contributed by atoms with Crippen LogP contribution in [-0.2, 0) is 9.59 Å². The predicted octanol–water partition coefficient (Wildman–Crippen LogP) is 3.33. The van der Waals surface area contributed by atoms with E-state index in [1.54, 1.807) is 53.4 Å². The van der Waals surface area contributed by atoms with E-state index in [4.69, 9.17) is 10.5 Å². The minimum absolute atomic E-state index is 0.177. The Bertz CT molecular complexity index is 963. The smallest absolute Gasteiger partial charge is 0.420 e. The molecule has 2 aromatic rings. The fraction of sp³-hybridized carbons (Fsp3) is 0.348. The van der Waals surface area contributed by atoms with Crippen molar-refractivity contribution >= 4 is 24.0 Å². The second kappa shape index (κ2) is 7.91. The van der Waals surface area contributed by atoms with Gasteiger partial charge in [0.15, 0.2) is 0 Å². The molecule has 1 amide bonds. The van der Waals surface area contributed by atoms with Crippen molar-refractivity contribution < 1.29 is 24.2 Å². The molecule has 4 unspecified atom stereocenters. The summed E-state index contributed by atoms with van der Waals surface area (Å²) < 4.78 is 5.62. The highest BCUT2D eigenvalue weighted by Gasteiger charge is 2.55. The van der Waals surface area contributed by atoms with Crippen LogP contribution in [0.5, 0.6) is 5.75 Å². The number of aliphatic carboxylic acids is 1. The zero-order valence-corrected chi connectivity index (χ0v) is 16.4. The molecule has 0 radical (unpaired) electrons. The standard InChI is InChI=1S/C23H24N2O5/c24-23(13-14-26,21(27)28)20-16-9-4-5-11-18(16)25(19-12-6-10-17(19)20)22(29)30-15-7-2-1-3-8-15/h1-5,7-9,11,14,17,19-20H,6,10,12-13,24H2,(H,27,28). The molecule has 156 valence electrons. The van der Waals surface area contributed by atoms with E-state index in [1.165, 1.54) is 0 Å². The molecule has 2 aromatic carbocycles. The highest BCUT2D eigenvalue weighted by atomic mass is 16.6. The zero-order chi connectivity index (χ0) is 21.3. The van der Waals surface area contributed by atoms with Crippen LogP contribution in [0, 0.1) is 5.92 Å². The van der Waals surface area contributed by atoms with Gasteiger partial charge in [0.2, 0.25) is 0 Å². The second-order valence-corrected chi connectivity index (χ2v) is 7.97. The lowest BCUT2D eigenvalue weighted by Gasteiger charge is -2.47. The van der Waals surface area contributed by atoms with Crippen molar-refractivity contribution in [3.63, 3.8) is 0 Å². The Balaban J connectivity index is 1.80. The molecule has 3 N–H and O–H groups in total. The number of nitrogens with two attached hydrogens (primary N) is 1. The lowest BCUT2D eigenvalue weighted by Crippen LogP contribution is -2.60. The predicted molar refractivity (Wildman–Crippen MR) is 110 cm³/mol. The minimum atomic E-state index is -1.74. The van der Waals surface area contributed by atoms with Crippen molar-refractivity contribution in [3.05, 3.63) is 60.2 Å². The molecule has 1 aliphatic heterocycles. The number of rotatable bonds is 5. The zero-order valence-electron chi connectivity index (χ0n) is 16.4. The Morgan fingerprint density at radius 2 is 1.83 bits per heavy atom. The number of anilines is 1. The first-order chi connectivity index (χ1) is 14.5. The molecule has 0 aromatic heterocycles. The molecule has 4 atom stereocenters. The highest BCUT2D eigenvalue weighted by Crippen LogP contribution is 2.53. The Labute approximate surface area is 174 Å². The number of carbonyl (C=O) groups excluding carboxylic acids is 2. The van der Waals surface area contributed by atoms with Gasteiger partial charge in [-0.15, -0.1) is 0 Å². The van der Waals surface area contributed by atoms with E-state index in [1.807, 2.05) is 6.07 Å². The van der Waals surface area contributed by atoms with Crippen molar-refractivity contribution in [1.29, 1.82) is 0 Å². The number of fused-ring (bicyclic) bond motifs is 2. The van der Waals surface area contributed by atoms with Crippen LogP contribution in [0.1, 0.15) is 37.2 Å². The van der Waals surface area contributed by atoms with Gasteiger partial charge in [-0.1, -0.05) is 42.8 Å². The lowest BCUT2D eigenvalue weighted by molar-refractivity contribution is -0.146. The molecular weight excluding hydrogens is 384 g/mol. The van der Waals surface area contributed by atoms with Gasteiger partial charge in [0.05, 0.1) is 5.69 Å². The molecule has 7 heteroatoms. The average molecular weight is 408 g/mol. The number of para-hydroxylation sites is 2. The normalized spacial score (nSPS) is 24.3. The van der Waals surface area contributed by atoms with Crippen LogP contribution in [0.25, 0.3) is 0 Å². The van der Waals surface area contributed by atoms with Crippen LogP contribution in [0.4, 0.5) is 10.5 Å². The van der Waals surface area contributed by atoms with Gasteiger partial charge >= 0.3 is 12.1 Å². The number of amides is 1. The first-order valence-corrected chi connectivity index (χ1v) is 10.1.